The lowest BCUT2D eigenvalue weighted by Crippen LogP contribution is -2.42. The summed E-state index contributed by atoms with van der Waals surface area (Å²) in [6, 6.07) is -0.0755. The normalized spacial score (nSPS) is 20.2. The molecular formula is C6H13N3O2. The van der Waals surface area contributed by atoms with E-state index in [4.69, 9.17) is 5.11 Å². The van der Waals surface area contributed by atoms with E-state index >= 15 is 0 Å². The van der Waals surface area contributed by atoms with Gasteiger partial charge >= 0.3 is 6.03 Å². The van der Waals surface area contributed by atoms with Crippen molar-refractivity contribution in [2.24, 2.45) is 0 Å². The van der Waals surface area contributed by atoms with Crippen LogP contribution in [-0.2, 0) is 0 Å². The highest BCUT2D eigenvalue weighted by molar-refractivity contribution is 5.75. The number of hydrogen-bond donors (Lipinski definition) is 3. The molecule has 1 fully saturated rings. The first-order chi connectivity index (χ1) is 5.25. The number of carbonyl (C=O) groups excluding carboxylic acids is 1. The van der Waals surface area contributed by atoms with Gasteiger partial charge in [-0.3, -0.25) is 5.01 Å². The Balaban J connectivity index is 2.39. The second-order valence-electron chi connectivity index (χ2n) is 2.55. The molecule has 5 nitrogen and oxygen atoms in total. The number of rotatable bonds is 3. The highest BCUT2D eigenvalue weighted by atomic mass is 16.3. The van der Waals surface area contributed by atoms with Crippen LogP contribution in [0, 0.1) is 0 Å². The van der Waals surface area contributed by atoms with Gasteiger partial charge < -0.3 is 10.4 Å². The maximum atomic E-state index is 11.0. The van der Waals surface area contributed by atoms with Crippen LogP contribution in [0.25, 0.3) is 0 Å². The quantitative estimate of drug-likeness (QED) is 0.507. The van der Waals surface area contributed by atoms with Gasteiger partial charge in [0.25, 0.3) is 0 Å². The molecule has 1 saturated heterocycles. The van der Waals surface area contributed by atoms with Gasteiger partial charge in [0.15, 0.2) is 0 Å². The topological polar surface area (TPSA) is 64.6 Å². The molecule has 0 radical (unpaired) electrons. The Morgan fingerprint density at radius 3 is 3.00 bits per heavy atom. The number of nitrogens with zero attached hydrogens (tertiary/aromatic N) is 1. The fourth-order valence-corrected chi connectivity index (χ4v) is 1.03. The molecule has 11 heavy (non-hydrogen) atoms. The second kappa shape index (κ2) is 3.54. The molecule has 0 spiro atoms. The SMILES string of the molecule is C[C@H](CCO)N1NCNC1=O. The summed E-state index contributed by atoms with van der Waals surface area (Å²) in [6.07, 6.45) is 0.598. The molecule has 0 saturated carbocycles. The van der Waals surface area contributed by atoms with Crippen molar-refractivity contribution in [2.75, 3.05) is 13.3 Å². The van der Waals surface area contributed by atoms with E-state index < -0.39 is 0 Å². The van der Waals surface area contributed by atoms with Gasteiger partial charge in [0.1, 0.15) is 0 Å². The summed E-state index contributed by atoms with van der Waals surface area (Å²) in [5.41, 5.74) is 2.85. The number of aliphatic hydroxyl groups excluding tert-OH is 1. The molecule has 0 unspecified atom stereocenters. The van der Waals surface area contributed by atoms with E-state index in [1.807, 2.05) is 6.92 Å². The van der Waals surface area contributed by atoms with Crippen molar-refractivity contribution in [1.82, 2.24) is 15.8 Å². The molecule has 64 valence electrons. The highest BCUT2D eigenvalue weighted by Crippen LogP contribution is 2.02. The third-order valence-corrected chi connectivity index (χ3v) is 1.70. The summed E-state index contributed by atoms with van der Waals surface area (Å²) in [7, 11) is 0. The number of hydrogen-bond acceptors (Lipinski definition) is 3. The minimum atomic E-state index is -0.119. The van der Waals surface area contributed by atoms with Crippen LogP contribution in [0.2, 0.25) is 0 Å². The molecule has 1 aliphatic heterocycles. The first kappa shape index (κ1) is 8.29. The van der Waals surface area contributed by atoms with Crippen molar-refractivity contribution in [1.29, 1.82) is 0 Å². The van der Waals surface area contributed by atoms with E-state index in [0.717, 1.165) is 0 Å². The van der Waals surface area contributed by atoms with E-state index in [1.54, 1.807) is 0 Å². The zero-order valence-corrected chi connectivity index (χ0v) is 6.50. The number of nitrogens with one attached hydrogen (secondary N) is 2. The zero-order valence-electron chi connectivity index (χ0n) is 6.50. The molecule has 0 aromatic carbocycles. The van der Waals surface area contributed by atoms with Crippen LogP contribution in [0.5, 0.6) is 0 Å². The molecular weight excluding hydrogens is 146 g/mol. The van der Waals surface area contributed by atoms with Gasteiger partial charge in [0.2, 0.25) is 0 Å². The zero-order chi connectivity index (χ0) is 8.27. The fraction of sp³-hybridized carbons (Fsp3) is 0.833. The number of aliphatic hydroxyl groups is 1. The summed E-state index contributed by atoms with van der Waals surface area (Å²) >= 11 is 0. The smallest absolute Gasteiger partial charge is 0.333 e. The molecule has 1 heterocycles. The summed E-state index contributed by atoms with van der Waals surface area (Å²) in [5.74, 6) is 0. The molecule has 0 aromatic rings. The molecule has 0 bridgehead atoms. The average molecular weight is 159 g/mol. The van der Waals surface area contributed by atoms with Crippen LogP contribution < -0.4 is 10.7 Å². The molecule has 1 aliphatic rings. The van der Waals surface area contributed by atoms with Crippen LogP contribution in [0.1, 0.15) is 13.3 Å². The van der Waals surface area contributed by atoms with E-state index in [1.165, 1.54) is 5.01 Å². The molecule has 0 aromatic heterocycles. The van der Waals surface area contributed by atoms with Crippen LogP contribution >= 0.6 is 0 Å². The predicted octanol–water partition coefficient (Wildman–Crippen LogP) is -0.755. The van der Waals surface area contributed by atoms with Crippen LogP contribution in [0.15, 0.2) is 0 Å². The van der Waals surface area contributed by atoms with Crippen molar-refractivity contribution in [3.8, 4) is 0 Å². The lowest BCUT2D eigenvalue weighted by molar-refractivity contribution is 0.157. The second-order valence-corrected chi connectivity index (χ2v) is 2.55. The molecule has 5 heteroatoms. The summed E-state index contributed by atoms with van der Waals surface area (Å²) < 4.78 is 0. The standard InChI is InChI=1S/C6H13N3O2/c1-5(2-3-10)9-6(11)7-4-8-9/h5,8,10H,2-4H2,1H3,(H,7,11)/t5-/m1/s1. The Bertz CT molecular complexity index is 151. The number of hydrazine groups is 1. The van der Waals surface area contributed by atoms with Crippen molar-refractivity contribution in [3.05, 3.63) is 0 Å². The van der Waals surface area contributed by atoms with Gasteiger partial charge in [0.05, 0.1) is 6.67 Å². The van der Waals surface area contributed by atoms with Crippen LogP contribution in [0.4, 0.5) is 4.79 Å². The first-order valence-electron chi connectivity index (χ1n) is 3.67. The Morgan fingerprint density at radius 1 is 1.82 bits per heavy atom. The van der Waals surface area contributed by atoms with Gasteiger partial charge in [-0.1, -0.05) is 0 Å². The lowest BCUT2D eigenvalue weighted by Gasteiger charge is -2.21. The largest absolute Gasteiger partial charge is 0.396 e. The predicted molar refractivity (Wildman–Crippen MR) is 39.5 cm³/mol. The summed E-state index contributed by atoms with van der Waals surface area (Å²) in [6.45, 7) is 2.47. The van der Waals surface area contributed by atoms with Crippen LogP contribution in [0.3, 0.4) is 0 Å². The monoisotopic (exact) mass is 159 g/mol. The van der Waals surface area contributed by atoms with E-state index in [2.05, 4.69) is 10.7 Å². The summed E-state index contributed by atoms with van der Waals surface area (Å²) in [5, 5.41) is 12.7. The Morgan fingerprint density at radius 2 is 2.55 bits per heavy atom. The fourth-order valence-electron chi connectivity index (χ4n) is 1.03. The molecule has 0 aliphatic carbocycles. The van der Waals surface area contributed by atoms with Gasteiger partial charge in [-0.25, -0.2) is 10.2 Å². The number of urea groups is 1. The van der Waals surface area contributed by atoms with Crippen molar-refractivity contribution in [3.63, 3.8) is 0 Å². The average Bonchev–Trinajstić information content (AvgIpc) is 2.36. The highest BCUT2D eigenvalue weighted by Gasteiger charge is 2.23. The van der Waals surface area contributed by atoms with Crippen LogP contribution in [-0.4, -0.2) is 35.5 Å². The van der Waals surface area contributed by atoms with E-state index in [0.29, 0.717) is 13.1 Å². The maximum Gasteiger partial charge on any atom is 0.333 e. The Hall–Kier alpha value is -0.810. The molecule has 1 rings (SSSR count). The van der Waals surface area contributed by atoms with Crippen molar-refractivity contribution >= 4 is 6.03 Å². The van der Waals surface area contributed by atoms with Crippen molar-refractivity contribution < 1.29 is 9.90 Å². The molecule has 3 N–H and O–H groups in total. The lowest BCUT2D eigenvalue weighted by atomic mass is 10.2. The first-order valence-corrected chi connectivity index (χ1v) is 3.67. The number of carbonyl (C=O) groups is 1. The molecule has 2 amide bonds. The van der Waals surface area contributed by atoms with Gasteiger partial charge in [0, 0.05) is 12.6 Å². The van der Waals surface area contributed by atoms with Gasteiger partial charge in [-0.15, -0.1) is 0 Å². The molecule has 1 atom stereocenters. The Labute approximate surface area is 65.3 Å². The van der Waals surface area contributed by atoms with Gasteiger partial charge in [-0.05, 0) is 13.3 Å². The third kappa shape index (κ3) is 1.81. The minimum Gasteiger partial charge on any atom is -0.396 e. The third-order valence-electron chi connectivity index (χ3n) is 1.70. The maximum absolute atomic E-state index is 11.0. The van der Waals surface area contributed by atoms with Gasteiger partial charge in [-0.2, -0.15) is 0 Å². The number of amides is 2. The summed E-state index contributed by atoms with van der Waals surface area (Å²) in [4.78, 5) is 11.0. The van der Waals surface area contributed by atoms with Crippen molar-refractivity contribution in [2.45, 2.75) is 19.4 Å². The van der Waals surface area contributed by atoms with E-state index in [9.17, 15) is 4.79 Å². The Kier molecular flexibility index (Phi) is 2.67. The van der Waals surface area contributed by atoms with E-state index in [-0.39, 0.29) is 18.7 Å². The minimum absolute atomic E-state index is 0.0440.